The highest BCUT2D eigenvalue weighted by molar-refractivity contribution is 5.63. The van der Waals surface area contributed by atoms with E-state index in [1.807, 2.05) is 12.3 Å². The molecule has 2 saturated carbocycles. The molecule has 9 heteroatoms. The van der Waals surface area contributed by atoms with Gasteiger partial charge in [0.25, 0.3) is 0 Å². The summed E-state index contributed by atoms with van der Waals surface area (Å²) in [4.78, 5) is 8.97. The fraction of sp³-hybridized carbons (Fsp3) is 0.452. The molecule has 3 N–H and O–H groups in total. The number of nitrogens with two attached hydrogens (primary N) is 1. The maximum atomic E-state index is 15.3. The van der Waals surface area contributed by atoms with Crippen LogP contribution in [0.4, 0.5) is 8.78 Å². The van der Waals surface area contributed by atoms with E-state index in [4.69, 9.17) is 10.5 Å². The van der Waals surface area contributed by atoms with Crippen molar-refractivity contribution in [2.75, 3.05) is 7.11 Å². The predicted octanol–water partition coefficient (Wildman–Crippen LogP) is 5.28. The van der Waals surface area contributed by atoms with Crippen LogP contribution in [0.15, 0.2) is 48.9 Å². The monoisotopic (exact) mass is 547 g/mol. The number of aromatic nitrogens is 4. The largest absolute Gasteiger partial charge is 0.385 e. The lowest BCUT2D eigenvalue weighted by atomic mass is 9.74. The van der Waals surface area contributed by atoms with Crippen LogP contribution in [-0.4, -0.2) is 43.9 Å². The molecule has 0 bridgehead atoms. The molecule has 0 spiro atoms. The first-order valence-electron chi connectivity index (χ1n) is 14.0. The number of methoxy groups -OCH3 is 1. The van der Waals surface area contributed by atoms with E-state index in [0.29, 0.717) is 31.0 Å². The van der Waals surface area contributed by atoms with Gasteiger partial charge in [-0.1, -0.05) is 19.8 Å². The first-order chi connectivity index (χ1) is 19.3. The molecular formula is C31H35F2N5O2. The lowest BCUT2D eigenvalue weighted by Crippen LogP contribution is -2.45. The molecule has 0 unspecified atom stereocenters. The van der Waals surface area contributed by atoms with E-state index in [2.05, 4.69) is 22.0 Å². The zero-order chi connectivity index (χ0) is 28.0. The molecule has 0 aliphatic heterocycles. The third kappa shape index (κ3) is 4.80. The standard InChI is InChI=1S/C31H35F2N5O2/c1-18-11-19(12-26(34)30(18)40-2)23-7-10-35-16-20(23)13-28-36-17-22-5-6-27(37-38(22)28)29-24(32)14-21(15-25(29)33)31(39)8-3-4-9-31/h5-7,10,14-19,26,30,39H,3-4,8-9,11-13,34H2,1-2H3/t18-,19+,26+,30-/m0/s1. The van der Waals surface area contributed by atoms with Gasteiger partial charge in [-0.2, -0.15) is 5.10 Å². The minimum absolute atomic E-state index is 0.0383. The van der Waals surface area contributed by atoms with Gasteiger partial charge in [-0.3, -0.25) is 4.98 Å². The second-order valence-electron chi connectivity index (χ2n) is 11.5. The molecule has 3 heterocycles. The molecule has 2 fully saturated rings. The first-order valence-corrected chi connectivity index (χ1v) is 14.0. The molecule has 40 heavy (non-hydrogen) atoms. The van der Waals surface area contributed by atoms with Crippen molar-refractivity contribution in [3.05, 3.63) is 83.1 Å². The summed E-state index contributed by atoms with van der Waals surface area (Å²) in [5.74, 6) is -0.250. The lowest BCUT2D eigenvalue weighted by Gasteiger charge is -2.38. The maximum absolute atomic E-state index is 15.3. The number of pyridine rings is 1. The molecule has 2 aliphatic rings. The average Bonchev–Trinajstić information content (AvgIpc) is 3.55. The number of imidazole rings is 1. The van der Waals surface area contributed by atoms with Gasteiger partial charge < -0.3 is 15.6 Å². The number of aliphatic hydroxyl groups is 1. The van der Waals surface area contributed by atoms with Gasteiger partial charge in [0.1, 0.15) is 17.5 Å². The maximum Gasteiger partial charge on any atom is 0.136 e. The van der Waals surface area contributed by atoms with Crippen LogP contribution in [0.25, 0.3) is 16.8 Å². The zero-order valence-electron chi connectivity index (χ0n) is 22.9. The summed E-state index contributed by atoms with van der Waals surface area (Å²) in [7, 11) is 1.72. The topological polar surface area (TPSA) is 98.6 Å². The fourth-order valence-electron chi connectivity index (χ4n) is 6.90. The van der Waals surface area contributed by atoms with Crippen molar-refractivity contribution in [1.29, 1.82) is 0 Å². The van der Waals surface area contributed by atoms with Crippen LogP contribution in [0.3, 0.4) is 0 Å². The third-order valence-electron chi connectivity index (χ3n) is 8.92. The minimum atomic E-state index is -1.18. The number of nitrogens with zero attached hydrogens (tertiary/aromatic N) is 4. The zero-order valence-corrected chi connectivity index (χ0v) is 22.9. The summed E-state index contributed by atoms with van der Waals surface area (Å²) in [6, 6.07) is 7.84. The van der Waals surface area contributed by atoms with Gasteiger partial charge in [-0.25, -0.2) is 18.3 Å². The predicted molar refractivity (Wildman–Crippen MR) is 148 cm³/mol. The highest BCUT2D eigenvalue weighted by Crippen LogP contribution is 2.41. The Bertz CT molecular complexity index is 1500. The van der Waals surface area contributed by atoms with Crippen LogP contribution < -0.4 is 5.73 Å². The summed E-state index contributed by atoms with van der Waals surface area (Å²) in [5.41, 5.74) is 8.45. The van der Waals surface area contributed by atoms with Gasteiger partial charge in [-0.15, -0.1) is 0 Å². The Kier molecular flexibility index (Phi) is 7.14. The van der Waals surface area contributed by atoms with Crippen LogP contribution in [0.1, 0.15) is 73.9 Å². The highest BCUT2D eigenvalue weighted by Gasteiger charge is 2.36. The summed E-state index contributed by atoms with van der Waals surface area (Å²) in [6.07, 6.45) is 10.3. The number of ether oxygens (including phenoxy) is 1. The lowest BCUT2D eigenvalue weighted by molar-refractivity contribution is 0.00970. The molecule has 1 aromatic carbocycles. The summed E-state index contributed by atoms with van der Waals surface area (Å²) in [6.45, 7) is 2.17. The number of benzene rings is 1. The Morgan fingerprint density at radius 1 is 1.10 bits per heavy atom. The van der Waals surface area contributed by atoms with Crippen molar-refractivity contribution in [3.8, 4) is 11.3 Å². The van der Waals surface area contributed by atoms with Crippen LogP contribution in [0.2, 0.25) is 0 Å². The molecule has 7 nitrogen and oxygen atoms in total. The summed E-state index contributed by atoms with van der Waals surface area (Å²) < 4.78 is 37.9. The van der Waals surface area contributed by atoms with E-state index in [-0.39, 0.29) is 34.9 Å². The second-order valence-corrected chi connectivity index (χ2v) is 11.5. The number of fused-ring (bicyclic) bond motifs is 1. The Morgan fingerprint density at radius 3 is 2.55 bits per heavy atom. The molecule has 3 aromatic heterocycles. The van der Waals surface area contributed by atoms with E-state index in [1.54, 1.807) is 36.2 Å². The van der Waals surface area contributed by atoms with Crippen LogP contribution in [-0.2, 0) is 16.8 Å². The molecule has 0 saturated heterocycles. The van der Waals surface area contributed by atoms with Gasteiger partial charge in [0.15, 0.2) is 0 Å². The molecule has 6 rings (SSSR count). The van der Waals surface area contributed by atoms with E-state index in [0.717, 1.165) is 36.8 Å². The molecular weight excluding hydrogens is 512 g/mol. The molecule has 0 amide bonds. The minimum Gasteiger partial charge on any atom is -0.385 e. The van der Waals surface area contributed by atoms with E-state index in [9.17, 15) is 5.11 Å². The van der Waals surface area contributed by atoms with Crippen molar-refractivity contribution >= 4 is 5.52 Å². The van der Waals surface area contributed by atoms with Crippen LogP contribution >= 0.6 is 0 Å². The fourth-order valence-corrected chi connectivity index (χ4v) is 6.90. The quantitative estimate of drug-likeness (QED) is 0.341. The normalized spacial score (nSPS) is 24.6. The number of halogens is 2. The van der Waals surface area contributed by atoms with E-state index >= 15 is 8.78 Å². The Morgan fingerprint density at radius 2 is 1.85 bits per heavy atom. The van der Waals surface area contributed by atoms with Gasteiger partial charge >= 0.3 is 0 Å². The van der Waals surface area contributed by atoms with Gasteiger partial charge in [-0.05, 0) is 84.5 Å². The van der Waals surface area contributed by atoms with Crippen molar-refractivity contribution < 1.29 is 18.6 Å². The Hall–Kier alpha value is -3.27. The molecule has 0 radical (unpaired) electrons. The van der Waals surface area contributed by atoms with Crippen molar-refractivity contribution in [1.82, 2.24) is 19.6 Å². The van der Waals surface area contributed by atoms with E-state index in [1.165, 1.54) is 17.7 Å². The van der Waals surface area contributed by atoms with Gasteiger partial charge in [0, 0.05) is 32.0 Å². The highest BCUT2D eigenvalue weighted by atomic mass is 19.1. The average molecular weight is 548 g/mol. The number of hydrogen-bond donors (Lipinski definition) is 2. The van der Waals surface area contributed by atoms with E-state index < -0.39 is 17.2 Å². The second kappa shape index (κ2) is 10.6. The Balaban J connectivity index is 1.32. The number of hydrogen-bond acceptors (Lipinski definition) is 6. The summed E-state index contributed by atoms with van der Waals surface area (Å²) >= 11 is 0. The van der Waals surface area contributed by atoms with Crippen LogP contribution in [0, 0.1) is 17.6 Å². The van der Waals surface area contributed by atoms with Crippen LogP contribution in [0.5, 0.6) is 0 Å². The van der Waals surface area contributed by atoms with Gasteiger partial charge in [0.2, 0.25) is 0 Å². The Labute approximate surface area is 232 Å². The van der Waals surface area contributed by atoms with Gasteiger partial charge in [0.05, 0.1) is 34.7 Å². The number of rotatable bonds is 6. The molecule has 210 valence electrons. The smallest absolute Gasteiger partial charge is 0.136 e. The first kappa shape index (κ1) is 26.9. The molecule has 4 atom stereocenters. The van der Waals surface area contributed by atoms with Crippen molar-refractivity contribution in [2.24, 2.45) is 11.7 Å². The van der Waals surface area contributed by atoms with Crippen molar-refractivity contribution in [2.45, 2.75) is 75.5 Å². The third-order valence-corrected chi connectivity index (χ3v) is 8.92. The van der Waals surface area contributed by atoms with Crippen molar-refractivity contribution in [3.63, 3.8) is 0 Å². The molecule has 4 aromatic rings. The molecule has 2 aliphatic carbocycles. The SMILES string of the molecule is CO[C@@H]1[C@H](N)C[C@H](c2ccncc2Cc2ncc3ccc(-c4c(F)cc(C5(O)CCCC5)cc4F)nn23)C[C@@H]1C. The summed E-state index contributed by atoms with van der Waals surface area (Å²) in [5, 5.41) is 15.5.